The molecule has 0 aliphatic carbocycles. The monoisotopic (exact) mass is 398 g/mol. The Morgan fingerprint density at radius 1 is 1.00 bits per heavy atom. The molecule has 128 valence electrons. The van der Waals surface area contributed by atoms with E-state index in [9.17, 15) is 0 Å². The van der Waals surface area contributed by atoms with Gasteiger partial charge in [-0.05, 0) is 53.6 Å². The predicted octanol–water partition coefficient (Wildman–Crippen LogP) is 5.04. The van der Waals surface area contributed by atoms with Gasteiger partial charge in [-0.3, -0.25) is 4.98 Å². The second-order valence-corrected chi connectivity index (χ2v) is 6.44. The van der Waals surface area contributed by atoms with E-state index in [1.807, 2.05) is 48.5 Å². The highest BCUT2D eigenvalue weighted by Gasteiger charge is 2.03. The summed E-state index contributed by atoms with van der Waals surface area (Å²) >= 11 is 3.55. The molecule has 0 spiro atoms. The molecule has 3 aromatic rings. The molecule has 0 radical (unpaired) electrons. The number of benzene rings is 2. The molecule has 1 N–H and O–H groups in total. The van der Waals surface area contributed by atoms with Crippen molar-refractivity contribution in [2.24, 2.45) is 0 Å². The van der Waals surface area contributed by atoms with E-state index >= 15 is 0 Å². The fraction of sp³-hybridized carbons (Fsp3) is 0.150. The summed E-state index contributed by atoms with van der Waals surface area (Å²) in [6, 6.07) is 17.9. The van der Waals surface area contributed by atoms with Gasteiger partial charge in [-0.1, -0.05) is 28.1 Å². The first-order valence-corrected chi connectivity index (χ1v) is 8.71. The van der Waals surface area contributed by atoms with Crippen molar-refractivity contribution in [3.8, 4) is 11.5 Å². The van der Waals surface area contributed by atoms with Gasteiger partial charge in [0.25, 0.3) is 0 Å². The van der Waals surface area contributed by atoms with Crippen molar-refractivity contribution in [1.82, 2.24) is 4.98 Å². The van der Waals surface area contributed by atoms with Gasteiger partial charge in [0.05, 0.1) is 12.8 Å². The van der Waals surface area contributed by atoms with Crippen molar-refractivity contribution in [3.05, 3.63) is 82.6 Å². The van der Waals surface area contributed by atoms with Crippen molar-refractivity contribution in [3.63, 3.8) is 0 Å². The lowest BCUT2D eigenvalue weighted by molar-refractivity contribution is 0.305. The minimum Gasteiger partial charge on any atom is -0.497 e. The van der Waals surface area contributed by atoms with Crippen molar-refractivity contribution in [2.45, 2.75) is 13.2 Å². The molecule has 0 unspecified atom stereocenters. The Bertz CT molecular complexity index is 808. The Balaban J connectivity index is 1.62. The van der Waals surface area contributed by atoms with E-state index < -0.39 is 0 Å². The van der Waals surface area contributed by atoms with Gasteiger partial charge in [0.15, 0.2) is 0 Å². The second kappa shape index (κ2) is 8.53. The number of halogens is 1. The Hall–Kier alpha value is -2.53. The van der Waals surface area contributed by atoms with Crippen LogP contribution >= 0.6 is 15.9 Å². The van der Waals surface area contributed by atoms with Gasteiger partial charge in [-0.25, -0.2) is 0 Å². The van der Waals surface area contributed by atoms with Crippen LogP contribution in [-0.2, 0) is 13.2 Å². The Labute approximate surface area is 156 Å². The lowest BCUT2D eigenvalue weighted by Gasteiger charge is -2.11. The van der Waals surface area contributed by atoms with Crippen LogP contribution in [-0.4, -0.2) is 12.1 Å². The Morgan fingerprint density at radius 3 is 2.56 bits per heavy atom. The van der Waals surface area contributed by atoms with E-state index in [0.29, 0.717) is 13.2 Å². The van der Waals surface area contributed by atoms with Crippen LogP contribution in [0.4, 0.5) is 5.69 Å². The summed E-state index contributed by atoms with van der Waals surface area (Å²) in [5.74, 6) is 1.67. The molecule has 1 heterocycles. The standard InChI is InChI=1S/C20H19BrN2O2/c1-24-19-6-4-15(5-7-19)14-25-20-10-16(9-17(21)11-20)12-23-18-3-2-8-22-13-18/h2-11,13,23H,12,14H2,1H3. The number of anilines is 1. The maximum Gasteiger partial charge on any atom is 0.121 e. The van der Waals surface area contributed by atoms with Gasteiger partial charge in [0.1, 0.15) is 18.1 Å². The molecule has 25 heavy (non-hydrogen) atoms. The average Bonchev–Trinajstić information content (AvgIpc) is 2.66. The molecule has 0 aliphatic rings. The van der Waals surface area contributed by atoms with Crippen LogP contribution in [0.3, 0.4) is 0 Å². The first kappa shape index (κ1) is 17.3. The zero-order chi connectivity index (χ0) is 17.5. The number of ether oxygens (including phenoxy) is 2. The number of nitrogens with zero attached hydrogens (tertiary/aromatic N) is 1. The van der Waals surface area contributed by atoms with Gasteiger partial charge >= 0.3 is 0 Å². The molecule has 5 heteroatoms. The number of rotatable bonds is 7. The molecule has 0 fully saturated rings. The minimum atomic E-state index is 0.510. The van der Waals surface area contributed by atoms with Gasteiger partial charge in [0, 0.05) is 23.4 Å². The van der Waals surface area contributed by atoms with E-state index in [1.54, 1.807) is 19.5 Å². The summed E-state index contributed by atoms with van der Waals surface area (Å²) in [6.07, 6.45) is 3.56. The molecule has 3 rings (SSSR count). The summed E-state index contributed by atoms with van der Waals surface area (Å²) in [4.78, 5) is 4.10. The van der Waals surface area contributed by atoms with Gasteiger partial charge < -0.3 is 14.8 Å². The quantitative estimate of drug-likeness (QED) is 0.604. The van der Waals surface area contributed by atoms with Crippen molar-refractivity contribution < 1.29 is 9.47 Å². The largest absolute Gasteiger partial charge is 0.497 e. The summed E-state index contributed by atoms with van der Waals surface area (Å²) in [6.45, 7) is 1.21. The number of methoxy groups -OCH3 is 1. The number of nitrogens with one attached hydrogen (secondary N) is 1. The van der Waals surface area contributed by atoms with E-state index in [2.05, 4.69) is 32.3 Å². The van der Waals surface area contributed by atoms with Crippen molar-refractivity contribution in [2.75, 3.05) is 12.4 Å². The molecule has 0 bridgehead atoms. The SMILES string of the molecule is COc1ccc(COc2cc(Br)cc(CNc3cccnc3)c2)cc1. The first-order chi connectivity index (χ1) is 12.2. The second-order valence-electron chi connectivity index (χ2n) is 5.53. The van der Waals surface area contributed by atoms with Crippen LogP contribution in [0, 0.1) is 0 Å². The summed E-state index contributed by atoms with van der Waals surface area (Å²) in [5, 5.41) is 3.35. The zero-order valence-electron chi connectivity index (χ0n) is 13.9. The van der Waals surface area contributed by atoms with Crippen LogP contribution in [0.2, 0.25) is 0 Å². The number of hydrogen-bond donors (Lipinski definition) is 1. The number of aromatic nitrogens is 1. The molecular formula is C20H19BrN2O2. The van der Waals surface area contributed by atoms with Crippen molar-refractivity contribution in [1.29, 1.82) is 0 Å². The molecule has 0 atom stereocenters. The number of pyridine rings is 1. The molecule has 0 saturated carbocycles. The van der Waals surface area contributed by atoms with Crippen LogP contribution in [0.25, 0.3) is 0 Å². The van der Waals surface area contributed by atoms with E-state index in [0.717, 1.165) is 32.8 Å². The zero-order valence-corrected chi connectivity index (χ0v) is 15.5. The fourth-order valence-corrected chi connectivity index (χ4v) is 2.89. The lowest BCUT2D eigenvalue weighted by Crippen LogP contribution is -2.01. The highest BCUT2D eigenvalue weighted by molar-refractivity contribution is 9.10. The Morgan fingerprint density at radius 2 is 1.84 bits per heavy atom. The molecule has 0 aliphatic heterocycles. The molecule has 1 aromatic heterocycles. The molecule has 2 aromatic carbocycles. The lowest BCUT2D eigenvalue weighted by atomic mass is 10.2. The summed E-state index contributed by atoms with van der Waals surface area (Å²) < 4.78 is 12.1. The normalized spacial score (nSPS) is 10.3. The predicted molar refractivity (Wildman–Crippen MR) is 103 cm³/mol. The van der Waals surface area contributed by atoms with Gasteiger partial charge in [-0.15, -0.1) is 0 Å². The minimum absolute atomic E-state index is 0.510. The number of hydrogen-bond acceptors (Lipinski definition) is 4. The topological polar surface area (TPSA) is 43.4 Å². The van der Waals surface area contributed by atoms with E-state index in [4.69, 9.17) is 9.47 Å². The van der Waals surface area contributed by atoms with Gasteiger partial charge in [-0.2, -0.15) is 0 Å². The van der Waals surface area contributed by atoms with Gasteiger partial charge in [0.2, 0.25) is 0 Å². The molecule has 4 nitrogen and oxygen atoms in total. The molecular weight excluding hydrogens is 380 g/mol. The maximum absolute atomic E-state index is 5.93. The fourth-order valence-electron chi connectivity index (χ4n) is 2.37. The third kappa shape index (κ3) is 5.22. The van der Waals surface area contributed by atoms with Crippen molar-refractivity contribution >= 4 is 21.6 Å². The van der Waals surface area contributed by atoms with Crippen LogP contribution in [0.15, 0.2) is 71.5 Å². The highest BCUT2D eigenvalue weighted by Crippen LogP contribution is 2.23. The smallest absolute Gasteiger partial charge is 0.121 e. The molecule has 0 saturated heterocycles. The molecule has 0 amide bonds. The van der Waals surface area contributed by atoms with Crippen LogP contribution < -0.4 is 14.8 Å². The third-order valence-corrected chi connectivity index (χ3v) is 4.11. The van der Waals surface area contributed by atoms with E-state index in [-0.39, 0.29) is 0 Å². The highest BCUT2D eigenvalue weighted by atomic mass is 79.9. The summed E-state index contributed by atoms with van der Waals surface area (Å²) in [7, 11) is 1.66. The maximum atomic E-state index is 5.93. The summed E-state index contributed by atoms with van der Waals surface area (Å²) in [5.41, 5.74) is 3.21. The average molecular weight is 399 g/mol. The van der Waals surface area contributed by atoms with E-state index in [1.165, 1.54) is 0 Å². The first-order valence-electron chi connectivity index (χ1n) is 7.92. The Kier molecular flexibility index (Phi) is 5.90. The third-order valence-electron chi connectivity index (χ3n) is 3.65. The van der Waals surface area contributed by atoms with Crippen LogP contribution in [0.5, 0.6) is 11.5 Å². The van der Waals surface area contributed by atoms with Crippen LogP contribution in [0.1, 0.15) is 11.1 Å².